The Kier molecular flexibility index (Phi) is 5.60. The van der Waals surface area contributed by atoms with E-state index in [0.717, 1.165) is 5.56 Å². The highest BCUT2D eigenvalue weighted by molar-refractivity contribution is 7.87. The van der Waals surface area contributed by atoms with E-state index < -0.39 is 10.1 Å². The van der Waals surface area contributed by atoms with Crippen molar-refractivity contribution in [2.75, 3.05) is 0 Å². The lowest BCUT2D eigenvalue weighted by atomic mass is 10.1. The van der Waals surface area contributed by atoms with E-state index in [1.807, 2.05) is 6.07 Å². The van der Waals surface area contributed by atoms with Crippen LogP contribution in [-0.2, 0) is 21.3 Å². The summed E-state index contributed by atoms with van der Waals surface area (Å²) in [5, 5.41) is 8.86. The summed E-state index contributed by atoms with van der Waals surface area (Å²) in [6, 6.07) is 12.1. The van der Waals surface area contributed by atoms with E-state index in [2.05, 4.69) is 0 Å². The number of carbonyl (C=O) groups is 1. The van der Waals surface area contributed by atoms with Crippen LogP contribution in [0.2, 0.25) is 5.02 Å². The lowest BCUT2D eigenvalue weighted by Gasteiger charge is -2.08. The molecule has 0 spiro atoms. The number of nitriles is 1. The summed E-state index contributed by atoms with van der Waals surface area (Å²) < 4.78 is 29.6. The lowest BCUT2D eigenvalue weighted by Crippen LogP contribution is -2.10. The van der Waals surface area contributed by atoms with Crippen molar-refractivity contribution >= 4 is 27.5 Å². The molecule has 0 aliphatic heterocycles. The third-order valence-corrected chi connectivity index (χ3v) is 4.80. The first-order valence-electron chi connectivity index (χ1n) is 7.04. The number of ketones is 1. The lowest BCUT2D eigenvalue weighted by molar-refractivity contribution is -0.116. The normalized spacial score (nSPS) is 10.9. The van der Waals surface area contributed by atoms with Crippen molar-refractivity contribution in [2.45, 2.75) is 24.7 Å². The van der Waals surface area contributed by atoms with Crippen molar-refractivity contribution < 1.29 is 17.4 Å². The van der Waals surface area contributed by atoms with Gasteiger partial charge >= 0.3 is 10.1 Å². The fourth-order valence-electron chi connectivity index (χ4n) is 1.95. The Morgan fingerprint density at radius 3 is 2.42 bits per heavy atom. The average Bonchev–Trinajstić information content (AvgIpc) is 2.53. The molecule has 0 fully saturated rings. The van der Waals surface area contributed by atoms with Crippen LogP contribution in [0.15, 0.2) is 47.4 Å². The molecule has 0 radical (unpaired) electrons. The molecule has 2 rings (SSSR count). The molecule has 0 amide bonds. The maximum atomic E-state index is 12.2. The summed E-state index contributed by atoms with van der Waals surface area (Å²) >= 11 is 5.85. The van der Waals surface area contributed by atoms with E-state index in [9.17, 15) is 13.2 Å². The van der Waals surface area contributed by atoms with E-state index in [0.29, 0.717) is 12.8 Å². The van der Waals surface area contributed by atoms with Crippen LogP contribution in [0.5, 0.6) is 5.75 Å². The van der Waals surface area contributed by atoms with Gasteiger partial charge in [-0.25, -0.2) is 0 Å². The summed E-state index contributed by atoms with van der Waals surface area (Å²) in [5.74, 6) is 0.248. The first-order valence-corrected chi connectivity index (χ1v) is 8.83. The molecule has 0 N–H and O–H groups in total. The van der Waals surface area contributed by atoms with Crippen molar-refractivity contribution in [3.05, 3.63) is 58.6 Å². The molecule has 5 nitrogen and oxygen atoms in total. The van der Waals surface area contributed by atoms with Gasteiger partial charge in [-0.15, -0.1) is 0 Å². The molecule has 2 aromatic carbocycles. The van der Waals surface area contributed by atoms with E-state index in [1.54, 1.807) is 12.1 Å². The molecule has 0 aliphatic carbocycles. The molecule has 0 saturated heterocycles. The van der Waals surface area contributed by atoms with Gasteiger partial charge in [0.1, 0.15) is 22.5 Å². The second kappa shape index (κ2) is 7.47. The molecule has 124 valence electrons. The molecule has 0 saturated carbocycles. The van der Waals surface area contributed by atoms with Gasteiger partial charge in [-0.2, -0.15) is 13.7 Å². The number of hydrogen-bond donors (Lipinski definition) is 0. The largest absolute Gasteiger partial charge is 0.379 e. The van der Waals surface area contributed by atoms with Crippen molar-refractivity contribution in [3.63, 3.8) is 0 Å². The molecule has 0 bridgehead atoms. The zero-order valence-corrected chi connectivity index (χ0v) is 14.4. The topological polar surface area (TPSA) is 84.2 Å². The van der Waals surface area contributed by atoms with Gasteiger partial charge < -0.3 is 8.98 Å². The van der Waals surface area contributed by atoms with Crippen molar-refractivity contribution in [1.82, 2.24) is 0 Å². The van der Waals surface area contributed by atoms with E-state index in [-0.39, 0.29) is 27.0 Å². The fraction of sp³-hybridized carbons (Fsp3) is 0.176. The molecule has 0 atom stereocenters. The Morgan fingerprint density at radius 1 is 1.21 bits per heavy atom. The summed E-state index contributed by atoms with van der Waals surface area (Å²) in [6.45, 7) is 1.52. The Morgan fingerprint density at radius 2 is 1.88 bits per heavy atom. The van der Waals surface area contributed by atoms with Crippen molar-refractivity contribution in [1.29, 1.82) is 5.26 Å². The molecule has 2 aromatic rings. The van der Waals surface area contributed by atoms with Gasteiger partial charge in [0.05, 0.1) is 10.6 Å². The summed E-state index contributed by atoms with van der Waals surface area (Å²) in [7, 11) is -4.05. The maximum absolute atomic E-state index is 12.2. The molecule has 24 heavy (non-hydrogen) atoms. The third kappa shape index (κ3) is 4.57. The van der Waals surface area contributed by atoms with Crippen molar-refractivity contribution in [2.24, 2.45) is 0 Å². The van der Waals surface area contributed by atoms with Crippen LogP contribution in [-0.4, -0.2) is 14.2 Å². The van der Waals surface area contributed by atoms with Gasteiger partial charge in [-0.1, -0.05) is 23.7 Å². The number of Topliss-reactive ketones (excluding diaryl/α,β-unsaturated/α-hetero) is 1. The minimum Gasteiger partial charge on any atom is -0.379 e. The number of aryl methyl sites for hydroxylation is 1. The number of halogens is 1. The number of rotatable bonds is 6. The predicted octanol–water partition coefficient (Wildman–Crippen LogP) is 3.50. The van der Waals surface area contributed by atoms with E-state index in [1.165, 1.54) is 37.3 Å². The minimum atomic E-state index is -4.05. The van der Waals surface area contributed by atoms with Crippen LogP contribution >= 0.6 is 11.6 Å². The smallest absolute Gasteiger partial charge is 0.339 e. The monoisotopic (exact) mass is 363 g/mol. The van der Waals surface area contributed by atoms with Crippen LogP contribution in [0.4, 0.5) is 0 Å². The van der Waals surface area contributed by atoms with Gasteiger partial charge in [-0.3, -0.25) is 0 Å². The second-order valence-corrected chi connectivity index (χ2v) is 7.09. The SMILES string of the molecule is CC(=O)CCc1ccc(OS(=O)(=O)c2ccc(C#N)c(Cl)c2)cc1. The Bertz CT molecular complexity index is 899. The van der Waals surface area contributed by atoms with Crippen molar-refractivity contribution in [3.8, 4) is 11.8 Å². The zero-order valence-electron chi connectivity index (χ0n) is 12.8. The summed E-state index contributed by atoms with van der Waals surface area (Å²) in [6.07, 6.45) is 1.02. The maximum Gasteiger partial charge on any atom is 0.339 e. The Labute approximate surface area is 145 Å². The number of nitrogens with zero attached hydrogens (tertiary/aromatic N) is 1. The van der Waals surface area contributed by atoms with Gasteiger partial charge in [0.25, 0.3) is 0 Å². The third-order valence-electron chi connectivity index (χ3n) is 3.24. The average molecular weight is 364 g/mol. The highest BCUT2D eigenvalue weighted by Crippen LogP contribution is 2.24. The number of hydrogen-bond acceptors (Lipinski definition) is 5. The van der Waals surface area contributed by atoms with Crippen LogP contribution in [0.3, 0.4) is 0 Å². The highest BCUT2D eigenvalue weighted by Gasteiger charge is 2.18. The molecule has 0 aromatic heterocycles. The van der Waals surface area contributed by atoms with E-state index >= 15 is 0 Å². The Hall–Kier alpha value is -2.36. The second-order valence-electron chi connectivity index (χ2n) is 5.14. The standard InChI is InChI=1S/C17H14ClNO4S/c1-12(20)2-3-13-4-7-15(8-5-13)23-24(21,22)16-9-6-14(11-19)17(18)10-16/h4-10H,2-3H2,1H3. The number of benzene rings is 2. The highest BCUT2D eigenvalue weighted by atomic mass is 35.5. The number of carbonyl (C=O) groups excluding carboxylic acids is 1. The van der Waals surface area contributed by atoms with E-state index in [4.69, 9.17) is 21.0 Å². The van der Waals surface area contributed by atoms with Crippen LogP contribution in [0.1, 0.15) is 24.5 Å². The van der Waals surface area contributed by atoms with Crippen LogP contribution in [0, 0.1) is 11.3 Å². The predicted molar refractivity (Wildman–Crippen MR) is 89.4 cm³/mol. The van der Waals surface area contributed by atoms with Crippen LogP contribution < -0.4 is 4.18 Å². The molecule has 7 heteroatoms. The summed E-state index contributed by atoms with van der Waals surface area (Å²) in [4.78, 5) is 10.8. The molecule has 0 unspecified atom stereocenters. The fourth-order valence-corrected chi connectivity index (χ4v) is 3.19. The minimum absolute atomic E-state index is 0.0433. The van der Waals surface area contributed by atoms with Gasteiger partial charge in [0.15, 0.2) is 0 Å². The molecule has 0 heterocycles. The van der Waals surface area contributed by atoms with Gasteiger partial charge in [-0.05, 0) is 49.2 Å². The molecule has 0 aliphatic rings. The first kappa shape index (κ1) is 18.0. The molecular formula is C17H14ClNO4S. The van der Waals surface area contributed by atoms with Gasteiger partial charge in [0.2, 0.25) is 0 Å². The quantitative estimate of drug-likeness (QED) is 0.733. The molecular weight excluding hydrogens is 350 g/mol. The van der Waals surface area contributed by atoms with Gasteiger partial charge in [0, 0.05) is 6.42 Å². The Balaban J connectivity index is 2.16. The zero-order chi connectivity index (χ0) is 17.7. The summed E-state index contributed by atoms with van der Waals surface area (Å²) in [5.41, 5.74) is 1.10. The van der Waals surface area contributed by atoms with Crippen LogP contribution in [0.25, 0.3) is 0 Å². The first-order chi connectivity index (χ1) is 11.3.